The maximum absolute atomic E-state index is 12.0. The number of esters is 1. The molecule has 0 atom stereocenters. The molecule has 0 radical (unpaired) electrons. The summed E-state index contributed by atoms with van der Waals surface area (Å²) in [6.07, 6.45) is 5.53. The van der Waals surface area contributed by atoms with Crippen LogP contribution in [0.1, 0.15) is 30.3 Å². The van der Waals surface area contributed by atoms with Gasteiger partial charge in [-0.2, -0.15) is 0 Å². The molecule has 23 heavy (non-hydrogen) atoms. The minimum atomic E-state index is -0.401. The monoisotopic (exact) mass is 373 g/mol. The average molecular weight is 374 g/mol. The van der Waals surface area contributed by atoms with Gasteiger partial charge in [0.2, 0.25) is 0 Å². The van der Waals surface area contributed by atoms with Crippen LogP contribution in [0.5, 0.6) is 0 Å². The van der Waals surface area contributed by atoms with Gasteiger partial charge in [0.25, 0.3) is 0 Å². The third-order valence-electron chi connectivity index (χ3n) is 3.41. The molecular weight excluding hydrogens is 358 g/mol. The van der Waals surface area contributed by atoms with Crippen molar-refractivity contribution in [2.24, 2.45) is 0 Å². The summed E-state index contributed by atoms with van der Waals surface area (Å²) >= 11 is 3.45. The lowest BCUT2D eigenvalue weighted by molar-refractivity contribution is 0.0493. The Morgan fingerprint density at radius 2 is 2.17 bits per heavy atom. The summed E-state index contributed by atoms with van der Waals surface area (Å²) in [5.41, 5.74) is 1.89. The Kier molecular flexibility index (Phi) is 4.71. The number of hydrogen-bond acceptors (Lipinski definition) is 4. The van der Waals surface area contributed by atoms with Crippen LogP contribution in [0, 0.1) is 0 Å². The molecule has 0 aliphatic heterocycles. The third-order valence-corrected chi connectivity index (χ3v) is 3.88. The summed E-state index contributed by atoms with van der Waals surface area (Å²) in [6.45, 7) is 2.47. The third kappa shape index (κ3) is 3.42. The Morgan fingerprint density at radius 1 is 1.30 bits per heavy atom. The molecular formula is C17H16BrN3O2. The van der Waals surface area contributed by atoms with Crippen molar-refractivity contribution in [2.75, 3.05) is 6.61 Å². The van der Waals surface area contributed by atoms with E-state index < -0.39 is 5.97 Å². The van der Waals surface area contributed by atoms with Crippen molar-refractivity contribution in [3.63, 3.8) is 0 Å². The van der Waals surface area contributed by atoms with Gasteiger partial charge in [0.05, 0.1) is 18.3 Å². The highest BCUT2D eigenvalue weighted by molar-refractivity contribution is 9.10. The van der Waals surface area contributed by atoms with Gasteiger partial charge in [-0.1, -0.05) is 19.4 Å². The van der Waals surface area contributed by atoms with E-state index in [1.807, 2.05) is 35.7 Å². The van der Waals surface area contributed by atoms with Gasteiger partial charge in [0, 0.05) is 10.7 Å². The fourth-order valence-electron chi connectivity index (χ4n) is 2.21. The molecule has 0 aliphatic carbocycles. The van der Waals surface area contributed by atoms with Crippen molar-refractivity contribution >= 4 is 27.4 Å². The zero-order chi connectivity index (χ0) is 16.2. The topological polar surface area (TPSA) is 56.5 Å². The molecule has 0 amide bonds. The predicted octanol–water partition coefficient (Wildman–Crippen LogP) is 4.12. The minimum absolute atomic E-state index is 0.297. The van der Waals surface area contributed by atoms with Gasteiger partial charge in [-0.25, -0.2) is 14.8 Å². The largest absolute Gasteiger partial charge is 0.461 e. The molecule has 0 fully saturated rings. The van der Waals surface area contributed by atoms with E-state index in [1.54, 1.807) is 18.3 Å². The normalized spacial score (nSPS) is 10.9. The van der Waals surface area contributed by atoms with Gasteiger partial charge in [0.15, 0.2) is 5.82 Å². The molecule has 118 valence electrons. The second kappa shape index (κ2) is 6.91. The number of carbonyl (C=O) groups is 1. The molecule has 0 spiro atoms. The van der Waals surface area contributed by atoms with Crippen molar-refractivity contribution in [2.45, 2.75) is 19.8 Å². The van der Waals surface area contributed by atoms with Crippen LogP contribution >= 0.6 is 15.9 Å². The zero-order valence-corrected chi connectivity index (χ0v) is 14.3. The standard InChI is InChI=1S/C17H16BrN3O2/c1-2-3-9-23-17(22)15-6-4-5-14(20-15)16-19-10-13-8-7-12(18)11-21(13)16/h4-8,10-11H,2-3,9H2,1H3. The second-order valence-electron chi connectivity index (χ2n) is 5.12. The highest BCUT2D eigenvalue weighted by atomic mass is 79.9. The van der Waals surface area contributed by atoms with Gasteiger partial charge >= 0.3 is 5.97 Å². The molecule has 3 heterocycles. The van der Waals surface area contributed by atoms with Gasteiger partial charge in [-0.15, -0.1) is 0 Å². The minimum Gasteiger partial charge on any atom is -0.461 e. The van der Waals surface area contributed by atoms with Gasteiger partial charge < -0.3 is 4.74 Å². The Hall–Kier alpha value is -2.21. The van der Waals surface area contributed by atoms with E-state index in [1.165, 1.54) is 0 Å². The molecule has 3 rings (SSSR count). The number of hydrogen-bond donors (Lipinski definition) is 0. The van der Waals surface area contributed by atoms with Crippen molar-refractivity contribution < 1.29 is 9.53 Å². The van der Waals surface area contributed by atoms with E-state index in [9.17, 15) is 4.79 Å². The van der Waals surface area contributed by atoms with Crippen LogP contribution in [0.25, 0.3) is 17.0 Å². The number of carbonyl (C=O) groups excluding carboxylic acids is 1. The molecule has 3 aromatic rings. The summed E-state index contributed by atoms with van der Waals surface area (Å²) in [6, 6.07) is 9.19. The van der Waals surface area contributed by atoms with Crippen molar-refractivity contribution in [1.29, 1.82) is 0 Å². The highest BCUT2D eigenvalue weighted by Crippen LogP contribution is 2.21. The molecule has 3 aromatic heterocycles. The number of fused-ring (bicyclic) bond motifs is 1. The first kappa shape index (κ1) is 15.7. The number of pyridine rings is 2. The van der Waals surface area contributed by atoms with Gasteiger partial charge in [-0.05, 0) is 46.6 Å². The first-order valence-electron chi connectivity index (χ1n) is 7.46. The number of halogens is 1. The number of imidazole rings is 1. The lowest BCUT2D eigenvalue weighted by Gasteiger charge is -2.05. The predicted molar refractivity (Wildman–Crippen MR) is 91.3 cm³/mol. The first-order valence-corrected chi connectivity index (χ1v) is 8.25. The molecule has 5 nitrogen and oxygen atoms in total. The van der Waals surface area contributed by atoms with E-state index in [-0.39, 0.29) is 0 Å². The molecule has 0 unspecified atom stereocenters. The first-order chi connectivity index (χ1) is 11.2. The van der Waals surface area contributed by atoms with E-state index in [4.69, 9.17) is 4.74 Å². The Bertz CT molecular complexity index is 845. The maximum atomic E-state index is 12.0. The number of aromatic nitrogens is 3. The SMILES string of the molecule is CCCCOC(=O)c1cccc(-c2ncc3ccc(Br)cn23)n1. The van der Waals surface area contributed by atoms with Crippen LogP contribution < -0.4 is 0 Å². The molecule has 0 aromatic carbocycles. The number of rotatable bonds is 5. The second-order valence-corrected chi connectivity index (χ2v) is 6.04. The maximum Gasteiger partial charge on any atom is 0.356 e. The van der Waals surface area contributed by atoms with Crippen LogP contribution in [0.2, 0.25) is 0 Å². The van der Waals surface area contributed by atoms with Crippen molar-refractivity contribution in [1.82, 2.24) is 14.4 Å². The quantitative estimate of drug-likeness (QED) is 0.498. The van der Waals surface area contributed by atoms with Gasteiger partial charge in [-0.3, -0.25) is 4.40 Å². The smallest absolute Gasteiger partial charge is 0.356 e. The van der Waals surface area contributed by atoms with Crippen LogP contribution in [0.15, 0.2) is 47.2 Å². The van der Waals surface area contributed by atoms with Crippen LogP contribution in [-0.4, -0.2) is 26.9 Å². The number of ether oxygens (including phenoxy) is 1. The van der Waals surface area contributed by atoms with Gasteiger partial charge in [0.1, 0.15) is 11.4 Å². The van der Waals surface area contributed by atoms with E-state index in [0.29, 0.717) is 23.8 Å². The fraction of sp³-hybridized carbons (Fsp3) is 0.235. The lowest BCUT2D eigenvalue weighted by Crippen LogP contribution is -2.09. The van der Waals surface area contributed by atoms with Crippen molar-refractivity contribution in [3.8, 4) is 11.5 Å². The fourth-order valence-corrected chi connectivity index (χ4v) is 2.55. The molecule has 0 N–H and O–H groups in total. The Balaban J connectivity index is 1.92. The van der Waals surface area contributed by atoms with Crippen LogP contribution in [-0.2, 0) is 4.74 Å². The number of nitrogens with zero attached hydrogens (tertiary/aromatic N) is 3. The van der Waals surface area contributed by atoms with E-state index >= 15 is 0 Å². The summed E-state index contributed by atoms with van der Waals surface area (Å²) in [5, 5.41) is 0. The van der Waals surface area contributed by atoms with E-state index in [2.05, 4.69) is 25.9 Å². The molecule has 0 saturated carbocycles. The summed E-state index contributed by atoms with van der Waals surface area (Å²) in [4.78, 5) is 20.9. The summed E-state index contributed by atoms with van der Waals surface area (Å²) < 4.78 is 8.08. The highest BCUT2D eigenvalue weighted by Gasteiger charge is 2.13. The van der Waals surface area contributed by atoms with E-state index in [0.717, 1.165) is 22.8 Å². The molecule has 0 aliphatic rings. The molecule has 0 bridgehead atoms. The lowest BCUT2D eigenvalue weighted by atomic mass is 10.3. The zero-order valence-electron chi connectivity index (χ0n) is 12.7. The van der Waals surface area contributed by atoms with Crippen LogP contribution in [0.3, 0.4) is 0 Å². The average Bonchev–Trinajstić information content (AvgIpc) is 2.98. The van der Waals surface area contributed by atoms with Crippen LogP contribution in [0.4, 0.5) is 0 Å². The molecule has 6 heteroatoms. The summed E-state index contributed by atoms with van der Waals surface area (Å²) in [7, 11) is 0. The number of unbranched alkanes of at least 4 members (excludes halogenated alkanes) is 1. The molecule has 0 saturated heterocycles. The Labute approximate surface area is 142 Å². The Morgan fingerprint density at radius 3 is 3.00 bits per heavy atom. The van der Waals surface area contributed by atoms with Crippen molar-refractivity contribution in [3.05, 3.63) is 52.9 Å². The summed E-state index contributed by atoms with van der Waals surface area (Å²) in [5.74, 6) is 0.284.